The molecule has 0 bridgehead atoms. The Labute approximate surface area is 189 Å². The van der Waals surface area contributed by atoms with Crippen molar-refractivity contribution in [2.75, 3.05) is 16.8 Å². The highest BCUT2D eigenvalue weighted by Crippen LogP contribution is 2.34. The van der Waals surface area contributed by atoms with Crippen molar-refractivity contribution in [3.05, 3.63) is 95.6 Å². The zero-order valence-electron chi connectivity index (χ0n) is 17.6. The topological polar surface area (TPSA) is 61.4 Å². The van der Waals surface area contributed by atoms with Crippen LogP contribution in [0.25, 0.3) is 0 Å². The van der Waals surface area contributed by atoms with Crippen molar-refractivity contribution in [3.63, 3.8) is 0 Å². The van der Waals surface area contributed by atoms with Gasteiger partial charge in [-0.25, -0.2) is 4.79 Å². The van der Waals surface area contributed by atoms with E-state index in [-0.39, 0.29) is 18.0 Å². The van der Waals surface area contributed by atoms with Crippen molar-refractivity contribution in [1.82, 2.24) is 5.32 Å². The normalized spacial score (nSPS) is 13.8. The molecule has 4 rings (SSSR count). The molecule has 3 amide bonds. The number of nitrogens with one attached hydrogen (secondary N) is 2. The third kappa shape index (κ3) is 5.16. The van der Waals surface area contributed by atoms with E-state index in [1.165, 1.54) is 18.2 Å². The fraction of sp³-hybridized carbons (Fsp3) is 0.200. The molecular weight excluding hydrogens is 431 g/mol. The Bertz CT molecular complexity index is 1150. The second-order valence-corrected chi connectivity index (χ2v) is 7.75. The van der Waals surface area contributed by atoms with Crippen LogP contribution in [-0.4, -0.2) is 24.5 Å². The Kier molecular flexibility index (Phi) is 6.35. The van der Waals surface area contributed by atoms with E-state index in [1.54, 1.807) is 4.90 Å². The van der Waals surface area contributed by atoms with Gasteiger partial charge in [-0.15, -0.1) is 0 Å². The SMILES string of the molecule is O=C(Nc1ccccc1C(F)(F)F)NC(Cc1ccccc1)C(=O)N1CCc2ccccc21. The van der Waals surface area contributed by atoms with Gasteiger partial charge in [-0.05, 0) is 35.7 Å². The first-order chi connectivity index (χ1) is 15.8. The fourth-order valence-corrected chi connectivity index (χ4v) is 3.96. The molecule has 0 spiro atoms. The maximum Gasteiger partial charge on any atom is 0.418 e. The number of fused-ring (bicyclic) bond motifs is 1. The molecule has 5 nitrogen and oxygen atoms in total. The van der Waals surface area contributed by atoms with Gasteiger partial charge in [-0.3, -0.25) is 4.79 Å². The lowest BCUT2D eigenvalue weighted by molar-refractivity contribution is -0.137. The lowest BCUT2D eigenvalue weighted by atomic mass is 10.0. The van der Waals surface area contributed by atoms with Crippen LogP contribution in [0.4, 0.5) is 29.3 Å². The molecule has 1 atom stereocenters. The number of halogens is 3. The molecule has 8 heteroatoms. The van der Waals surface area contributed by atoms with E-state index in [0.29, 0.717) is 13.0 Å². The van der Waals surface area contributed by atoms with Gasteiger partial charge in [0.2, 0.25) is 5.91 Å². The number of carbonyl (C=O) groups is 2. The first-order valence-corrected chi connectivity index (χ1v) is 10.5. The largest absolute Gasteiger partial charge is 0.418 e. The second-order valence-electron chi connectivity index (χ2n) is 7.75. The first kappa shape index (κ1) is 22.4. The summed E-state index contributed by atoms with van der Waals surface area (Å²) in [5.74, 6) is -0.317. The Balaban J connectivity index is 1.56. The van der Waals surface area contributed by atoms with E-state index in [2.05, 4.69) is 10.6 Å². The van der Waals surface area contributed by atoms with E-state index in [4.69, 9.17) is 0 Å². The van der Waals surface area contributed by atoms with Crippen LogP contribution in [0.1, 0.15) is 16.7 Å². The molecule has 170 valence electrons. The Morgan fingerprint density at radius 2 is 1.58 bits per heavy atom. The number of carbonyl (C=O) groups excluding carboxylic acids is 2. The maximum absolute atomic E-state index is 13.4. The predicted molar refractivity (Wildman–Crippen MR) is 120 cm³/mol. The van der Waals surface area contributed by atoms with E-state index in [1.807, 2.05) is 54.6 Å². The van der Waals surface area contributed by atoms with Gasteiger partial charge in [-0.1, -0.05) is 60.7 Å². The number of amides is 3. The predicted octanol–water partition coefficient (Wildman–Crippen LogP) is 5.03. The Hall–Kier alpha value is -3.81. The molecule has 0 fully saturated rings. The molecular formula is C25H22F3N3O2. The maximum atomic E-state index is 13.4. The number of alkyl halides is 3. The van der Waals surface area contributed by atoms with Crippen molar-refractivity contribution in [3.8, 4) is 0 Å². The number of hydrogen-bond acceptors (Lipinski definition) is 2. The van der Waals surface area contributed by atoms with Gasteiger partial charge in [0.05, 0.1) is 11.3 Å². The number of para-hydroxylation sites is 2. The molecule has 0 aliphatic carbocycles. The molecule has 0 saturated carbocycles. The molecule has 3 aromatic rings. The van der Waals surface area contributed by atoms with E-state index in [9.17, 15) is 22.8 Å². The van der Waals surface area contributed by atoms with E-state index in [0.717, 1.165) is 22.9 Å². The van der Waals surface area contributed by atoms with Crippen LogP contribution >= 0.6 is 0 Å². The standard InChI is InChI=1S/C25H22F3N3O2/c26-25(27,28)19-11-5-6-12-20(19)29-24(33)30-21(16-17-8-2-1-3-9-17)23(32)31-15-14-18-10-4-7-13-22(18)31/h1-13,21H,14-16H2,(H2,29,30,33). The summed E-state index contributed by atoms with van der Waals surface area (Å²) in [4.78, 5) is 27.7. The number of benzene rings is 3. The van der Waals surface area contributed by atoms with Gasteiger partial charge >= 0.3 is 12.2 Å². The number of rotatable bonds is 5. The van der Waals surface area contributed by atoms with Crippen molar-refractivity contribution >= 4 is 23.3 Å². The second kappa shape index (κ2) is 9.36. The van der Waals surface area contributed by atoms with Crippen molar-refractivity contribution in [2.24, 2.45) is 0 Å². The highest BCUT2D eigenvalue weighted by molar-refractivity contribution is 6.02. The fourth-order valence-electron chi connectivity index (χ4n) is 3.96. The van der Waals surface area contributed by atoms with Crippen molar-refractivity contribution < 1.29 is 22.8 Å². The molecule has 0 aromatic heterocycles. The molecule has 0 radical (unpaired) electrons. The van der Waals surface area contributed by atoms with Gasteiger partial charge in [0.1, 0.15) is 6.04 Å². The monoisotopic (exact) mass is 453 g/mol. The minimum Gasteiger partial charge on any atom is -0.326 e. The molecule has 33 heavy (non-hydrogen) atoms. The summed E-state index contributed by atoms with van der Waals surface area (Å²) in [5, 5.41) is 4.85. The highest BCUT2D eigenvalue weighted by Gasteiger charge is 2.35. The van der Waals surface area contributed by atoms with Crippen LogP contribution in [0, 0.1) is 0 Å². The molecule has 1 aliphatic rings. The molecule has 3 aromatic carbocycles. The minimum absolute atomic E-state index is 0.201. The lowest BCUT2D eigenvalue weighted by Crippen LogP contribution is -2.50. The summed E-state index contributed by atoms with van der Waals surface area (Å²) in [6.07, 6.45) is -3.72. The molecule has 0 saturated heterocycles. The van der Waals surface area contributed by atoms with E-state index < -0.39 is 23.8 Å². The van der Waals surface area contributed by atoms with Gasteiger partial charge in [0.25, 0.3) is 0 Å². The highest BCUT2D eigenvalue weighted by atomic mass is 19.4. The summed E-state index contributed by atoms with van der Waals surface area (Å²) in [6, 6.07) is 19.5. The van der Waals surface area contributed by atoms with Crippen LogP contribution < -0.4 is 15.5 Å². The summed E-state index contributed by atoms with van der Waals surface area (Å²) in [7, 11) is 0. The summed E-state index contributed by atoms with van der Waals surface area (Å²) >= 11 is 0. The van der Waals surface area contributed by atoms with Crippen LogP contribution in [0.5, 0.6) is 0 Å². The third-order valence-corrected chi connectivity index (χ3v) is 5.52. The van der Waals surface area contributed by atoms with E-state index >= 15 is 0 Å². The first-order valence-electron chi connectivity index (χ1n) is 10.5. The van der Waals surface area contributed by atoms with Gasteiger partial charge < -0.3 is 15.5 Å². The average Bonchev–Trinajstić information content (AvgIpc) is 3.23. The number of urea groups is 1. The van der Waals surface area contributed by atoms with Gasteiger partial charge in [0, 0.05) is 18.7 Å². The third-order valence-electron chi connectivity index (χ3n) is 5.52. The smallest absolute Gasteiger partial charge is 0.326 e. The zero-order chi connectivity index (χ0) is 23.4. The van der Waals surface area contributed by atoms with Gasteiger partial charge in [0.15, 0.2) is 0 Å². The number of hydrogen-bond donors (Lipinski definition) is 2. The lowest BCUT2D eigenvalue weighted by Gasteiger charge is -2.25. The van der Waals surface area contributed by atoms with Crippen LogP contribution in [-0.2, 0) is 23.8 Å². The molecule has 1 aliphatic heterocycles. The van der Waals surface area contributed by atoms with Crippen LogP contribution in [0.2, 0.25) is 0 Å². The van der Waals surface area contributed by atoms with Crippen LogP contribution in [0.15, 0.2) is 78.9 Å². The zero-order valence-corrected chi connectivity index (χ0v) is 17.6. The van der Waals surface area contributed by atoms with Crippen molar-refractivity contribution in [2.45, 2.75) is 25.1 Å². The Morgan fingerprint density at radius 3 is 2.33 bits per heavy atom. The van der Waals surface area contributed by atoms with Gasteiger partial charge in [-0.2, -0.15) is 13.2 Å². The molecule has 2 N–H and O–H groups in total. The Morgan fingerprint density at radius 1 is 0.909 bits per heavy atom. The molecule has 1 heterocycles. The number of nitrogens with zero attached hydrogens (tertiary/aromatic N) is 1. The summed E-state index contributed by atoms with van der Waals surface area (Å²) in [6.45, 7) is 0.476. The van der Waals surface area contributed by atoms with Crippen molar-refractivity contribution in [1.29, 1.82) is 0 Å². The van der Waals surface area contributed by atoms with Crippen LogP contribution in [0.3, 0.4) is 0 Å². The molecule has 1 unspecified atom stereocenters. The number of anilines is 2. The summed E-state index contributed by atoms with van der Waals surface area (Å²) in [5.41, 5.74) is 1.30. The minimum atomic E-state index is -4.62. The summed E-state index contributed by atoms with van der Waals surface area (Å²) < 4.78 is 39.9. The quantitative estimate of drug-likeness (QED) is 0.570. The average molecular weight is 453 g/mol.